The molecule has 1 fully saturated rings. The fourth-order valence-electron chi connectivity index (χ4n) is 4.25. The lowest BCUT2D eigenvalue weighted by Gasteiger charge is -2.31. The molecule has 4 rings (SSSR count). The third kappa shape index (κ3) is 6.61. The Morgan fingerprint density at radius 2 is 1.61 bits per heavy atom. The van der Waals surface area contributed by atoms with Gasteiger partial charge in [0.15, 0.2) is 9.84 Å². The third-order valence-electron chi connectivity index (χ3n) is 6.23. The maximum atomic E-state index is 13.5. The van der Waals surface area contributed by atoms with Gasteiger partial charge in [0.1, 0.15) is 33.7 Å². The SMILES string of the molecule is COc1ccc(-c2cccc(Oc3ccc(C(=O)N4CCC4)cc3S(=O)(=O)CC(=O)CC(C)(C)C)c2)cc1. The number of hydrogen-bond acceptors (Lipinski definition) is 6. The third-order valence-corrected chi connectivity index (χ3v) is 7.92. The molecular formula is C30H33NO6S. The Morgan fingerprint density at radius 3 is 2.21 bits per heavy atom. The van der Waals surface area contributed by atoms with Gasteiger partial charge in [-0.15, -0.1) is 0 Å². The molecule has 0 saturated carbocycles. The molecule has 0 N–H and O–H groups in total. The van der Waals surface area contributed by atoms with Crippen LogP contribution in [0, 0.1) is 5.41 Å². The average molecular weight is 536 g/mol. The Morgan fingerprint density at radius 1 is 0.895 bits per heavy atom. The quantitative estimate of drug-likeness (QED) is 0.345. The molecule has 8 heteroatoms. The fraction of sp³-hybridized carbons (Fsp3) is 0.333. The zero-order valence-electron chi connectivity index (χ0n) is 22.2. The van der Waals surface area contributed by atoms with Gasteiger partial charge in [0.2, 0.25) is 0 Å². The molecule has 0 atom stereocenters. The van der Waals surface area contributed by atoms with E-state index in [0.29, 0.717) is 18.8 Å². The highest BCUT2D eigenvalue weighted by Crippen LogP contribution is 2.34. The predicted octanol–water partition coefficient (Wildman–Crippen LogP) is 5.78. The van der Waals surface area contributed by atoms with Gasteiger partial charge in [-0.25, -0.2) is 8.42 Å². The van der Waals surface area contributed by atoms with E-state index in [0.717, 1.165) is 23.3 Å². The van der Waals surface area contributed by atoms with Crippen molar-refractivity contribution in [1.82, 2.24) is 4.90 Å². The summed E-state index contributed by atoms with van der Waals surface area (Å²) in [6, 6.07) is 19.2. The molecule has 200 valence electrons. The first-order chi connectivity index (χ1) is 17.9. The molecule has 0 aromatic heterocycles. The van der Waals surface area contributed by atoms with Crippen molar-refractivity contribution >= 4 is 21.5 Å². The van der Waals surface area contributed by atoms with E-state index in [2.05, 4.69) is 0 Å². The van der Waals surface area contributed by atoms with Crippen LogP contribution in [0.4, 0.5) is 0 Å². The lowest BCUT2D eigenvalue weighted by Crippen LogP contribution is -2.42. The lowest BCUT2D eigenvalue weighted by molar-refractivity contribution is -0.118. The molecule has 0 bridgehead atoms. The van der Waals surface area contributed by atoms with Crippen LogP contribution in [-0.4, -0.2) is 51.0 Å². The van der Waals surface area contributed by atoms with E-state index in [1.165, 1.54) is 12.1 Å². The minimum Gasteiger partial charge on any atom is -0.497 e. The molecule has 3 aromatic carbocycles. The molecule has 3 aromatic rings. The zero-order chi connectivity index (χ0) is 27.5. The molecule has 1 aliphatic heterocycles. The number of ether oxygens (including phenoxy) is 2. The van der Waals surface area contributed by atoms with Crippen molar-refractivity contribution in [3.8, 4) is 28.4 Å². The molecule has 1 saturated heterocycles. The van der Waals surface area contributed by atoms with Crippen LogP contribution in [0.1, 0.15) is 44.0 Å². The van der Waals surface area contributed by atoms with Crippen molar-refractivity contribution < 1.29 is 27.5 Å². The molecule has 0 unspecified atom stereocenters. The summed E-state index contributed by atoms with van der Waals surface area (Å²) in [5, 5.41) is 0. The Labute approximate surface area is 224 Å². The first kappa shape index (κ1) is 27.4. The fourth-order valence-corrected chi connectivity index (χ4v) is 5.66. The van der Waals surface area contributed by atoms with Gasteiger partial charge in [-0.2, -0.15) is 0 Å². The molecule has 38 heavy (non-hydrogen) atoms. The van der Waals surface area contributed by atoms with Crippen molar-refractivity contribution in [2.75, 3.05) is 26.0 Å². The highest BCUT2D eigenvalue weighted by Gasteiger charge is 2.29. The van der Waals surface area contributed by atoms with Gasteiger partial charge in [0.05, 0.1) is 7.11 Å². The smallest absolute Gasteiger partial charge is 0.253 e. The summed E-state index contributed by atoms with van der Waals surface area (Å²) < 4.78 is 38.3. The number of sulfone groups is 1. The van der Waals surface area contributed by atoms with E-state index in [1.807, 2.05) is 63.2 Å². The number of carbonyl (C=O) groups excluding carboxylic acids is 2. The number of nitrogens with zero attached hydrogens (tertiary/aromatic N) is 1. The molecule has 1 amide bonds. The van der Waals surface area contributed by atoms with E-state index in [1.54, 1.807) is 24.1 Å². The van der Waals surface area contributed by atoms with Crippen LogP contribution in [0.3, 0.4) is 0 Å². The Balaban J connectivity index is 1.68. The summed E-state index contributed by atoms with van der Waals surface area (Å²) in [6.45, 7) is 6.93. The summed E-state index contributed by atoms with van der Waals surface area (Å²) in [4.78, 5) is 27.0. The summed E-state index contributed by atoms with van der Waals surface area (Å²) in [5.74, 6) is -0.0392. The number of amides is 1. The number of methoxy groups -OCH3 is 1. The first-order valence-electron chi connectivity index (χ1n) is 12.6. The normalized spacial score (nSPS) is 13.5. The van der Waals surface area contributed by atoms with Crippen LogP contribution in [-0.2, 0) is 14.6 Å². The summed E-state index contributed by atoms with van der Waals surface area (Å²) in [7, 11) is -2.48. The van der Waals surface area contributed by atoms with Gasteiger partial charge in [0, 0.05) is 25.1 Å². The topological polar surface area (TPSA) is 90.0 Å². The standard InChI is InChI=1S/C30H33NO6S/c1-30(2,3)19-24(32)20-38(34,35)28-18-23(29(33)31-15-6-16-31)11-14-27(28)37-26-8-5-7-22(17-26)21-9-12-25(36-4)13-10-21/h5,7-14,17-18H,6,15-16,19-20H2,1-4H3. The van der Waals surface area contributed by atoms with E-state index < -0.39 is 15.6 Å². The van der Waals surface area contributed by atoms with Crippen LogP contribution in [0.15, 0.2) is 71.6 Å². The monoisotopic (exact) mass is 535 g/mol. The van der Waals surface area contributed by atoms with Crippen LogP contribution in [0.25, 0.3) is 11.1 Å². The maximum absolute atomic E-state index is 13.5. The van der Waals surface area contributed by atoms with Crippen molar-refractivity contribution in [2.24, 2.45) is 5.41 Å². The highest BCUT2D eigenvalue weighted by molar-refractivity contribution is 7.92. The predicted molar refractivity (Wildman–Crippen MR) is 147 cm³/mol. The second-order valence-corrected chi connectivity index (χ2v) is 12.7. The number of carbonyl (C=O) groups is 2. The van der Waals surface area contributed by atoms with E-state index in [-0.39, 0.29) is 39.7 Å². The summed E-state index contributed by atoms with van der Waals surface area (Å²) >= 11 is 0. The van der Waals surface area contributed by atoms with Gasteiger partial charge < -0.3 is 14.4 Å². The van der Waals surface area contributed by atoms with Gasteiger partial charge in [-0.1, -0.05) is 45.0 Å². The molecule has 1 heterocycles. The molecule has 1 aliphatic rings. The van der Waals surface area contributed by atoms with E-state index in [4.69, 9.17) is 9.47 Å². The minimum atomic E-state index is -4.08. The lowest BCUT2D eigenvalue weighted by atomic mass is 9.90. The molecule has 0 aliphatic carbocycles. The molecule has 0 radical (unpaired) electrons. The van der Waals surface area contributed by atoms with Crippen LogP contribution >= 0.6 is 0 Å². The number of hydrogen-bond donors (Lipinski definition) is 0. The van der Waals surface area contributed by atoms with Crippen LogP contribution in [0.2, 0.25) is 0 Å². The Kier molecular flexibility index (Phi) is 7.92. The minimum absolute atomic E-state index is 0.0700. The molecule has 0 spiro atoms. The maximum Gasteiger partial charge on any atom is 0.253 e. The van der Waals surface area contributed by atoms with E-state index in [9.17, 15) is 18.0 Å². The van der Waals surface area contributed by atoms with Crippen LogP contribution in [0.5, 0.6) is 17.2 Å². The van der Waals surface area contributed by atoms with Gasteiger partial charge in [-0.3, -0.25) is 9.59 Å². The van der Waals surface area contributed by atoms with Gasteiger partial charge in [-0.05, 0) is 65.4 Å². The van der Waals surface area contributed by atoms with Crippen molar-refractivity contribution in [2.45, 2.75) is 38.5 Å². The summed E-state index contributed by atoms with van der Waals surface area (Å²) in [6.07, 6.45) is 1.04. The van der Waals surface area contributed by atoms with Crippen molar-refractivity contribution in [3.05, 3.63) is 72.3 Å². The number of Topliss-reactive ketones (excluding diaryl/α,β-unsaturated/α-hetero) is 1. The second-order valence-electron chi connectivity index (χ2n) is 10.7. The summed E-state index contributed by atoms with van der Waals surface area (Å²) in [5.41, 5.74) is 1.72. The molecule has 7 nitrogen and oxygen atoms in total. The highest BCUT2D eigenvalue weighted by atomic mass is 32.2. The zero-order valence-corrected chi connectivity index (χ0v) is 23.0. The number of ketones is 1. The molecular weight excluding hydrogens is 502 g/mol. The Hall–Kier alpha value is -3.65. The van der Waals surface area contributed by atoms with Crippen molar-refractivity contribution in [3.63, 3.8) is 0 Å². The second kappa shape index (κ2) is 11.0. The van der Waals surface area contributed by atoms with Crippen LogP contribution < -0.4 is 9.47 Å². The number of rotatable bonds is 9. The number of likely N-dealkylation sites (tertiary alicyclic amines) is 1. The Bertz CT molecular complexity index is 1430. The van der Waals surface area contributed by atoms with Gasteiger partial charge >= 0.3 is 0 Å². The van der Waals surface area contributed by atoms with E-state index >= 15 is 0 Å². The average Bonchev–Trinajstić information content (AvgIpc) is 2.81. The number of benzene rings is 3. The largest absolute Gasteiger partial charge is 0.497 e. The van der Waals surface area contributed by atoms with Crippen molar-refractivity contribution in [1.29, 1.82) is 0 Å². The van der Waals surface area contributed by atoms with Gasteiger partial charge in [0.25, 0.3) is 5.91 Å². The first-order valence-corrected chi connectivity index (χ1v) is 14.2.